The third-order valence-electron chi connectivity index (χ3n) is 3.45. The van der Waals surface area contributed by atoms with Crippen LogP contribution in [0.1, 0.15) is 11.1 Å². The second kappa shape index (κ2) is 7.83. The topological polar surface area (TPSA) is 42.0 Å². The predicted octanol–water partition coefficient (Wildman–Crippen LogP) is 6.08. The summed E-state index contributed by atoms with van der Waals surface area (Å²) in [6.45, 7) is 2.04. The number of nitrogens with zero attached hydrogens (tertiary/aromatic N) is 1. The molecule has 1 aromatic heterocycles. The van der Waals surface area contributed by atoms with E-state index in [-0.39, 0.29) is 5.91 Å². The number of rotatable bonds is 4. The Morgan fingerprint density at radius 1 is 1.12 bits per heavy atom. The smallest absolute Gasteiger partial charge is 0.250 e. The molecule has 126 valence electrons. The fourth-order valence-corrected chi connectivity index (χ4v) is 3.15. The van der Waals surface area contributed by atoms with E-state index >= 15 is 0 Å². The van der Waals surface area contributed by atoms with Crippen LogP contribution >= 0.6 is 34.5 Å². The van der Waals surface area contributed by atoms with E-state index in [1.807, 2.05) is 36.6 Å². The molecule has 0 atom stereocenters. The van der Waals surface area contributed by atoms with Gasteiger partial charge in [0.1, 0.15) is 0 Å². The van der Waals surface area contributed by atoms with E-state index in [2.05, 4.69) is 10.3 Å². The summed E-state index contributed by atoms with van der Waals surface area (Å²) in [6, 6.07) is 13.3. The first-order chi connectivity index (χ1) is 12.0. The van der Waals surface area contributed by atoms with Gasteiger partial charge in [-0.15, -0.1) is 11.3 Å². The van der Waals surface area contributed by atoms with E-state index in [0.29, 0.717) is 15.2 Å². The fraction of sp³-hybridized carbons (Fsp3) is 0.0526. The molecule has 0 radical (unpaired) electrons. The molecule has 1 heterocycles. The zero-order valence-corrected chi connectivity index (χ0v) is 15.6. The largest absolute Gasteiger partial charge is 0.298 e. The molecule has 0 fully saturated rings. The Morgan fingerprint density at radius 3 is 2.60 bits per heavy atom. The molecule has 2 aromatic carbocycles. The lowest BCUT2D eigenvalue weighted by molar-refractivity contribution is -0.111. The summed E-state index contributed by atoms with van der Waals surface area (Å²) in [7, 11) is 0. The molecule has 0 aliphatic rings. The molecule has 0 spiro atoms. The van der Waals surface area contributed by atoms with Crippen molar-refractivity contribution in [3.05, 3.63) is 75.1 Å². The highest BCUT2D eigenvalue weighted by Crippen LogP contribution is 2.25. The lowest BCUT2D eigenvalue weighted by Crippen LogP contribution is -2.07. The number of amides is 1. The lowest BCUT2D eigenvalue weighted by atomic mass is 10.1. The van der Waals surface area contributed by atoms with E-state index in [1.165, 1.54) is 23.0 Å². The van der Waals surface area contributed by atoms with Gasteiger partial charge in [-0.1, -0.05) is 59.1 Å². The van der Waals surface area contributed by atoms with E-state index in [0.717, 1.165) is 16.8 Å². The number of carbonyl (C=O) groups is 1. The summed E-state index contributed by atoms with van der Waals surface area (Å²) < 4.78 is 0. The minimum atomic E-state index is -0.254. The number of benzene rings is 2. The second-order valence-corrected chi connectivity index (χ2v) is 7.07. The summed E-state index contributed by atoms with van der Waals surface area (Å²) in [5, 5.41) is 6.17. The molecule has 3 nitrogen and oxygen atoms in total. The predicted molar refractivity (Wildman–Crippen MR) is 106 cm³/mol. The van der Waals surface area contributed by atoms with Gasteiger partial charge in [-0.3, -0.25) is 10.1 Å². The van der Waals surface area contributed by atoms with Gasteiger partial charge in [-0.2, -0.15) is 0 Å². The minimum absolute atomic E-state index is 0.254. The second-order valence-electron chi connectivity index (χ2n) is 5.40. The van der Waals surface area contributed by atoms with Crippen LogP contribution < -0.4 is 5.32 Å². The summed E-state index contributed by atoms with van der Waals surface area (Å²) in [5.41, 5.74) is 3.85. The van der Waals surface area contributed by atoms with Crippen LogP contribution in [0.15, 0.2) is 53.9 Å². The van der Waals surface area contributed by atoms with Gasteiger partial charge in [0.25, 0.3) is 0 Å². The monoisotopic (exact) mass is 388 g/mol. The molecule has 0 saturated carbocycles. The third-order valence-corrected chi connectivity index (χ3v) is 4.95. The molecule has 3 aromatic rings. The van der Waals surface area contributed by atoms with Crippen LogP contribution in [0.3, 0.4) is 0 Å². The van der Waals surface area contributed by atoms with Gasteiger partial charge in [-0.25, -0.2) is 4.98 Å². The Labute approximate surface area is 159 Å². The molecule has 6 heteroatoms. The van der Waals surface area contributed by atoms with Crippen LogP contribution in [0.5, 0.6) is 0 Å². The van der Waals surface area contributed by atoms with Gasteiger partial charge in [0, 0.05) is 17.0 Å². The molecule has 1 N–H and O–H groups in total. The summed E-state index contributed by atoms with van der Waals surface area (Å²) in [6.07, 6.45) is 3.11. The van der Waals surface area contributed by atoms with Gasteiger partial charge in [-0.05, 0) is 30.7 Å². The number of anilines is 1. The van der Waals surface area contributed by atoms with Crippen molar-refractivity contribution in [1.82, 2.24) is 4.98 Å². The first kappa shape index (κ1) is 17.7. The van der Waals surface area contributed by atoms with E-state index in [1.54, 1.807) is 24.3 Å². The highest BCUT2D eigenvalue weighted by atomic mass is 35.5. The molecule has 1 amide bonds. The Balaban J connectivity index is 1.66. The van der Waals surface area contributed by atoms with Gasteiger partial charge in [0.2, 0.25) is 5.91 Å². The molecule has 3 rings (SSSR count). The van der Waals surface area contributed by atoms with Crippen LogP contribution in [-0.2, 0) is 4.79 Å². The maximum Gasteiger partial charge on any atom is 0.250 e. The van der Waals surface area contributed by atoms with Crippen molar-refractivity contribution in [2.45, 2.75) is 6.92 Å². The third kappa shape index (κ3) is 4.69. The zero-order chi connectivity index (χ0) is 17.8. The van der Waals surface area contributed by atoms with Crippen LogP contribution in [0.25, 0.3) is 17.3 Å². The Bertz CT molecular complexity index is 933. The van der Waals surface area contributed by atoms with E-state index in [4.69, 9.17) is 23.2 Å². The summed E-state index contributed by atoms with van der Waals surface area (Å²) >= 11 is 13.2. The SMILES string of the molecule is Cc1ccc(-c2csc(NC(=O)C=Cc3ccc(Cl)c(Cl)c3)n2)cc1. The number of nitrogens with one attached hydrogen (secondary N) is 1. The van der Waals surface area contributed by atoms with Crippen molar-refractivity contribution in [1.29, 1.82) is 0 Å². The molecule has 0 aliphatic heterocycles. The number of thiazole rings is 1. The quantitative estimate of drug-likeness (QED) is 0.550. The van der Waals surface area contributed by atoms with Gasteiger partial charge >= 0.3 is 0 Å². The molecule has 0 unspecified atom stereocenters. The maximum absolute atomic E-state index is 12.0. The Morgan fingerprint density at radius 2 is 1.88 bits per heavy atom. The number of carbonyl (C=O) groups excluding carboxylic acids is 1. The van der Waals surface area contributed by atoms with Crippen molar-refractivity contribution in [2.24, 2.45) is 0 Å². The molecule has 0 aliphatic carbocycles. The normalized spacial score (nSPS) is 11.0. The highest BCUT2D eigenvalue weighted by molar-refractivity contribution is 7.14. The van der Waals surface area contributed by atoms with Crippen molar-refractivity contribution in [3.8, 4) is 11.3 Å². The molecular weight excluding hydrogens is 375 g/mol. The number of aromatic nitrogens is 1. The Kier molecular flexibility index (Phi) is 5.53. The average Bonchev–Trinajstić information content (AvgIpc) is 3.05. The average molecular weight is 389 g/mol. The number of hydrogen-bond donors (Lipinski definition) is 1. The molecular formula is C19H14Cl2N2OS. The van der Waals surface area contributed by atoms with Crippen molar-refractivity contribution in [3.63, 3.8) is 0 Å². The van der Waals surface area contributed by atoms with Crippen LogP contribution in [0, 0.1) is 6.92 Å². The number of halogens is 2. The molecule has 25 heavy (non-hydrogen) atoms. The number of aryl methyl sites for hydroxylation is 1. The van der Waals surface area contributed by atoms with Gasteiger partial charge in [0.15, 0.2) is 5.13 Å². The number of hydrogen-bond acceptors (Lipinski definition) is 3. The van der Waals surface area contributed by atoms with Crippen LogP contribution in [-0.4, -0.2) is 10.9 Å². The lowest BCUT2D eigenvalue weighted by Gasteiger charge is -1.99. The zero-order valence-electron chi connectivity index (χ0n) is 13.3. The summed E-state index contributed by atoms with van der Waals surface area (Å²) in [4.78, 5) is 16.5. The van der Waals surface area contributed by atoms with Gasteiger partial charge in [0.05, 0.1) is 15.7 Å². The summed E-state index contributed by atoms with van der Waals surface area (Å²) in [5.74, 6) is -0.254. The van der Waals surface area contributed by atoms with Gasteiger partial charge < -0.3 is 0 Å². The van der Waals surface area contributed by atoms with Crippen molar-refractivity contribution < 1.29 is 4.79 Å². The maximum atomic E-state index is 12.0. The van der Waals surface area contributed by atoms with Crippen molar-refractivity contribution >= 4 is 51.7 Å². The van der Waals surface area contributed by atoms with Crippen molar-refractivity contribution in [2.75, 3.05) is 5.32 Å². The van der Waals surface area contributed by atoms with Crippen LogP contribution in [0.2, 0.25) is 10.0 Å². The molecule has 0 bridgehead atoms. The van der Waals surface area contributed by atoms with E-state index < -0.39 is 0 Å². The fourth-order valence-electron chi connectivity index (χ4n) is 2.12. The highest BCUT2D eigenvalue weighted by Gasteiger charge is 2.06. The molecule has 0 saturated heterocycles. The minimum Gasteiger partial charge on any atom is -0.298 e. The standard InChI is InChI=1S/C19H14Cl2N2OS/c1-12-2-6-14(7-3-12)17-11-25-19(22-17)23-18(24)9-5-13-4-8-15(20)16(21)10-13/h2-11H,1H3,(H,22,23,24). The van der Waals surface area contributed by atoms with Crippen LogP contribution in [0.4, 0.5) is 5.13 Å². The van der Waals surface area contributed by atoms with E-state index in [9.17, 15) is 4.79 Å². The Hall–Kier alpha value is -2.14. The first-order valence-corrected chi connectivity index (χ1v) is 9.11. The first-order valence-electron chi connectivity index (χ1n) is 7.48.